The van der Waals surface area contributed by atoms with Crippen LogP contribution in [0.3, 0.4) is 0 Å². The van der Waals surface area contributed by atoms with E-state index in [0.29, 0.717) is 5.69 Å². The first-order chi connectivity index (χ1) is 12.0. The molecule has 0 heterocycles. The molecule has 2 amide bonds. The molecular weight excluding hydrogens is 321 g/mol. The summed E-state index contributed by atoms with van der Waals surface area (Å²) in [7, 11) is 1.69. The highest BCUT2D eigenvalue weighted by Crippen LogP contribution is 2.15. The lowest BCUT2D eigenvalue weighted by atomic mass is 10.1. The fraction of sp³-hybridized carbons (Fsp3) is 0.263. The minimum absolute atomic E-state index is 0.0558. The third-order valence-corrected chi connectivity index (χ3v) is 3.63. The molecule has 0 unspecified atom stereocenters. The van der Waals surface area contributed by atoms with E-state index in [4.69, 9.17) is 0 Å². The Balaban J connectivity index is 1.82. The van der Waals surface area contributed by atoms with Gasteiger partial charge in [0.25, 0.3) is 0 Å². The number of carbonyl (C=O) groups excluding carboxylic acids is 2. The molecule has 0 fully saturated rings. The average molecular weight is 343 g/mol. The SMILES string of the molecule is CCc1ccccc1NC(=O)CN(C)CC(=O)Nc1ccc(F)cc1. The molecule has 0 aliphatic carbocycles. The maximum atomic E-state index is 12.8. The number of nitrogens with zero attached hydrogens (tertiary/aromatic N) is 1. The zero-order valence-electron chi connectivity index (χ0n) is 14.4. The number of carbonyl (C=O) groups is 2. The van der Waals surface area contributed by atoms with Crippen molar-refractivity contribution in [1.29, 1.82) is 0 Å². The van der Waals surface area contributed by atoms with E-state index >= 15 is 0 Å². The number of likely N-dealkylation sites (N-methyl/N-ethyl adjacent to an activating group) is 1. The normalized spacial score (nSPS) is 10.6. The van der Waals surface area contributed by atoms with Gasteiger partial charge in [0, 0.05) is 11.4 Å². The molecule has 0 aliphatic rings. The van der Waals surface area contributed by atoms with Crippen molar-refractivity contribution >= 4 is 23.2 Å². The Kier molecular flexibility index (Phi) is 6.65. The minimum Gasteiger partial charge on any atom is -0.325 e. The van der Waals surface area contributed by atoms with Crippen LogP contribution in [0.4, 0.5) is 15.8 Å². The number of amides is 2. The Hall–Kier alpha value is -2.73. The van der Waals surface area contributed by atoms with Crippen LogP contribution < -0.4 is 10.6 Å². The van der Waals surface area contributed by atoms with Gasteiger partial charge in [0.1, 0.15) is 5.82 Å². The first kappa shape index (κ1) is 18.6. The summed E-state index contributed by atoms with van der Waals surface area (Å²) in [5.74, 6) is -0.812. The lowest BCUT2D eigenvalue weighted by molar-refractivity contribution is -0.119. The van der Waals surface area contributed by atoms with Gasteiger partial charge in [0.05, 0.1) is 13.1 Å². The van der Waals surface area contributed by atoms with Gasteiger partial charge < -0.3 is 10.6 Å². The largest absolute Gasteiger partial charge is 0.325 e. The molecule has 0 saturated heterocycles. The maximum absolute atomic E-state index is 12.8. The van der Waals surface area contributed by atoms with E-state index in [9.17, 15) is 14.0 Å². The number of halogens is 1. The zero-order valence-corrected chi connectivity index (χ0v) is 14.4. The van der Waals surface area contributed by atoms with Crippen LogP contribution >= 0.6 is 0 Å². The Labute approximate surface area is 146 Å². The molecule has 0 radical (unpaired) electrons. The molecule has 2 rings (SSSR count). The number of benzene rings is 2. The number of rotatable bonds is 7. The van der Waals surface area contributed by atoms with Crippen LogP contribution in [-0.4, -0.2) is 36.9 Å². The van der Waals surface area contributed by atoms with Gasteiger partial charge in [-0.3, -0.25) is 14.5 Å². The molecule has 2 aromatic rings. The van der Waals surface area contributed by atoms with Crippen LogP contribution in [0.2, 0.25) is 0 Å². The smallest absolute Gasteiger partial charge is 0.238 e. The topological polar surface area (TPSA) is 61.4 Å². The average Bonchev–Trinajstić information content (AvgIpc) is 2.57. The summed E-state index contributed by atoms with van der Waals surface area (Å²) in [6, 6.07) is 13.2. The third kappa shape index (κ3) is 6.00. The van der Waals surface area contributed by atoms with E-state index in [-0.39, 0.29) is 30.7 Å². The first-order valence-electron chi connectivity index (χ1n) is 8.09. The molecular formula is C19H22FN3O2. The van der Waals surface area contributed by atoms with Crippen molar-refractivity contribution in [2.24, 2.45) is 0 Å². The van der Waals surface area contributed by atoms with Crippen molar-refractivity contribution in [3.63, 3.8) is 0 Å². The molecule has 0 bridgehead atoms. The number of hydrogen-bond donors (Lipinski definition) is 2. The van der Waals surface area contributed by atoms with E-state index in [0.717, 1.165) is 17.7 Å². The number of anilines is 2. The predicted octanol–water partition coefficient (Wildman–Crippen LogP) is 2.90. The molecule has 6 heteroatoms. The zero-order chi connectivity index (χ0) is 18.2. The lowest BCUT2D eigenvalue weighted by Crippen LogP contribution is -2.36. The molecule has 2 aromatic carbocycles. The van der Waals surface area contributed by atoms with E-state index in [1.165, 1.54) is 24.3 Å². The highest BCUT2D eigenvalue weighted by Gasteiger charge is 2.12. The Morgan fingerprint density at radius 1 is 0.960 bits per heavy atom. The van der Waals surface area contributed by atoms with Crippen LogP contribution in [0.5, 0.6) is 0 Å². The second-order valence-electron chi connectivity index (χ2n) is 5.79. The summed E-state index contributed by atoms with van der Waals surface area (Å²) in [6.07, 6.45) is 0.826. The predicted molar refractivity (Wildman–Crippen MR) is 97.0 cm³/mol. The maximum Gasteiger partial charge on any atom is 0.238 e. The highest BCUT2D eigenvalue weighted by molar-refractivity contribution is 5.95. The second-order valence-corrected chi connectivity index (χ2v) is 5.79. The number of aryl methyl sites for hydroxylation is 1. The van der Waals surface area contributed by atoms with Gasteiger partial charge in [-0.1, -0.05) is 25.1 Å². The van der Waals surface area contributed by atoms with E-state index in [1.807, 2.05) is 31.2 Å². The fourth-order valence-corrected chi connectivity index (χ4v) is 2.42. The van der Waals surface area contributed by atoms with Gasteiger partial charge in [-0.15, -0.1) is 0 Å². The third-order valence-electron chi connectivity index (χ3n) is 3.63. The Bertz CT molecular complexity index is 732. The van der Waals surface area contributed by atoms with E-state index in [1.54, 1.807) is 11.9 Å². The van der Waals surface area contributed by atoms with Crippen LogP contribution in [0.1, 0.15) is 12.5 Å². The molecule has 2 N–H and O–H groups in total. The molecule has 0 aromatic heterocycles. The van der Waals surface area contributed by atoms with Crippen molar-refractivity contribution in [1.82, 2.24) is 4.90 Å². The van der Waals surface area contributed by atoms with E-state index in [2.05, 4.69) is 10.6 Å². The summed E-state index contributed by atoms with van der Waals surface area (Å²) >= 11 is 0. The molecule has 0 aliphatic heterocycles. The number of hydrogen-bond acceptors (Lipinski definition) is 3. The summed E-state index contributed by atoms with van der Waals surface area (Å²) in [5.41, 5.74) is 2.37. The summed E-state index contributed by atoms with van der Waals surface area (Å²) in [5, 5.41) is 5.53. The van der Waals surface area contributed by atoms with Crippen LogP contribution in [0.25, 0.3) is 0 Å². The minimum atomic E-state index is -0.362. The standard InChI is InChI=1S/C19H22FN3O2/c1-3-14-6-4-5-7-17(14)22-19(25)13-23(2)12-18(24)21-16-10-8-15(20)9-11-16/h4-11H,3,12-13H2,1-2H3,(H,21,24)(H,22,25). The van der Waals surface area contributed by atoms with E-state index < -0.39 is 0 Å². The van der Waals surface area contributed by atoms with Gasteiger partial charge in [-0.2, -0.15) is 0 Å². The second kappa shape index (κ2) is 8.94. The summed E-state index contributed by atoms with van der Waals surface area (Å²) < 4.78 is 12.8. The highest BCUT2D eigenvalue weighted by atomic mass is 19.1. The Morgan fingerprint density at radius 2 is 1.56 bits per heavy atom. The summed E-state index contributed by atoms with van der Waals surface area (Å²) in [4.78, 5) is 25.7. The van der Waals surface area contributed by atoms with Gasteiger partial charge in [0.15, 0.2) is 0 Å². The molecule has 132 valence electrons. The summed E-state index contributed by atoms with van der Waals surface area (Å²) in [6.45, 7) is 2.17. The van der Waals surface area contributed by atoms with Crippen LogP contribution in [0.15, 0.2) is 48.5 Å². The van der Waals surface area contributed by atoms with Crippen LogP contribution in [0, 0.1) is 5.82 Å². The quantitative estimate of drug-likeness (QED) is 0.813. The molecule has 25 heavy (non-hydrogen) atoms. The van der Waals surface area contributed by atoms with Crippen molar-refractivity contribution in [2.75, 3.05) is 30.8 Å². The molecule has 0 atom stereocenters. The van der Waals surface area contributed by atoms with Gasteiger partial charge >= 0.3 is 0 Å². The van der Waals surface area contributed by atoms with Crippen molar-refractivity contribution in [3.8, 4) is 0 Å². The Morgan fingerprint density at radius 3 is 2.20 bits per heavy atom. The molecule has 0 saturated carbocycles. The van der Waals surface area contributed by atoms with Crippen molar-refractivity contribution < 1.29 is 14.0 Å². The monoisotopic (exact) mass is 343 g/mol. The fourth-order valence-electron chi connectivity index (χ4n) is 2.42. The van der Waals surface area contributed by atoms with Crippen LogP contribution in [-0.2, 0) is 16.0 Å². The lowest BCUT2D eigenvalue weighted by Gasteiger charge is -2.17. The van der Waals surface area contributed by atoms with Gasteiger partial charge in [0.2, 0.25) is 11.8 Å². The van der Waals surface area contributed by atoms with Crippen molar-refractivity contribution in [3.05, 3.63) is 59.9 Å². The van der Waals surface area contributed by atoms with Crippen molar-refractivity contribution in [2.45, 2.75) is 13.3 Å². The first-order valence-corrected chi connectivity index (χ1v) is 8.09. The van der Waals surface area contributed by atoms with Gasteiger partial charge in [-0.25, -0.2) is 4.39 Å². The van der Waals surface area contributed by atoms with Gasteiger partial charge in [-0.05, 0) is 49.4 Å². The molecule has 0 spiro atoms. The number of para-hydroxylation sites is 1. The number of nitrogens with one attached hydrogen (secondary N) is 2. The molecule has 5 nitrogen and oxygen atoms in total.